The van der Waals surface area contributed by atoms with E-state index in [1.54, 1.807) is 17.9 Å². The highest BCUT2D eigenvalue weighted by Crippen LogP contribution is 2.05. The lowest BCUT2D eigenvalue weighted by molar-refractivity contribution is 0.0939. The molecule has 1 amide bonds. The molecule has 1 unspecified atom stereocenters. The number of amides is 1. The van der Waals surface area contributed by atoms with Crippen molar-refractivity contribution < 1.29 is 4.79 Å². The van der Waals surface area contributed by atoms with Crippen LogP contribution in [-0.2, 0) is 7.05 Å². The monoisotopic (exact) mass is 229 g/mol. The Morgan fingerprint density at radius 3 is 2.80 bits per heavy atom. The van der Waals surface area contributed by atoms with E-state index in [1.807, 2.05) is 13.8 Å². The lowest BCUT2D eigenvalue weighted by Gasteiger charge is -2.12. The third-order valence-electron chi connectivity index (χ3n) is 2.27. The van der Waals surface area contributed by atoms with Crippen LogP contribution in [0.5, 0.6) is 0 Å². The molecule has 0 aliphatic heterocycles. The molecule has 1 aromatic rings. The number of aryl methyl sites for hydroxylation is 2. The fraction of sp³-hybridized carbons (Fsp3) is 0.600. The maximum atomic E-state index is 11.8. The second-order valence-corrected chi connectivity index (χ2v) is 3.84. The van der Waals surface area contributed by atoms with E-state index in [4.69, 9.17) is 11.6 Å². The van der Waals surface area contributed by atoms with Gasteiger partial charge < -0.3 is 5.32 Å². The molecule has 15 heavy (non-hydrogen) atoms. The van der Waals surface area contributed by atoms with Crippen LogP contribution in [0.15, 0.2) is 6.20 Å². The quantitative estimate of drug-likeness (QED) is 0.795. The molecule has 1 heterocycles. The third kappa shape index (κ3) is 2.96. The van der Waals surface area contributed by atoms with Crippen molar-refractivity contribution in [2.24, 2.45) is 7.05 Å². The van der Waals surface area contributed by atoms with Crippen molar-refractivity contribution >= 4 is 17.5 Å². The predicted molar refractivity (Wildman–Crippen MR) is 60.2 cm³/mol. The lowest BCUT2D eigenvalue weighted by atomic mass is 10.2. The Morgan fingerprint density at radius 1 is 1.73 bits per heavy atom. The molecule has 0 aliphatic carbocycles. The number of hydrogen-bond acceptors (Lipinski definition) is 2. The van der Waals surface area contributed by atoms with Crippen LogP contribution in [0.3, 0.4) is 0 Å². The van der Waals surface area contributed by atoms with Crippen LogP contribution in [0.25, 0.3) is 0 Å². The first-order valence-electron chi connectivity index (χ1n) is 4.95. The Labute approximate surface area is 94.6 Å². The molecular formula is C10H16ClN3O. The van der Waals surface area contributed by atoms with Gasteiger partial charge in [-0.1, -0.05) is 6.92 Å². The summed E-state index contributed by atoms with van der Waals surface area (Å²) in [6.45, 7) is 3.81. The van der Waals surface area contributed by atoms with Crippen LogP contribution >= 0.6 is 11.6 Å². The molecule has 4 nitrogen and oxygen atoms in total. The Kier molecular flexibility index (Phi) is 4.15. The zero-order valence-corrected chi connectivity index (χ0v) is 10.0. The number of carbonyl (C=O) groups is 1. The number of nitrogens with zero attached hydrogens (tertiary/aromatic N) is 2. The summed E-state index contributed by atoms with van der Waals surface area (Å²) < 4.78 is 1.63. The van der Waals surface area contributed by atoms with Gasteiger partial charge in [-0.05, 0) is 13.3 Å². The molecule has 0 radical (unpaired) electrons. The summed E-state index contributed by atoms with van der Waals surface area (Å²) in [6, 6.07) is 0.0266. The minimum Gasteiger partial charge on any atom is -0.348 e. The zero-order valence-electron chi connectivity index (χ0n) is 9.25. The van der Waals surface area contributed by atoms with Crippen molar-refractivity contribution in [2.45, 2.75) is 26.3 Å². The molecule has 0 fully saturated rings. The highest BCUT2D eigenvalue weighted by atomic mass is 35.5. The Morgan fingerprint density at radius 2 is 2.40 bits per heavy atom. The van der Waals surface area contributed by atoms with Gasteiger partial charge >= 0.3 is 0 Å². The van der Waals surface area contributed by atoms with Gasteiger partial charge in [0.1, 0.15) is 0 Å². The molecule has 1 atom stereocenters. The summed E-state index contributed by atoms with van der Waals surface area (Å²) in [5.74, 6) is 0.328. The summed E-state index contributed by atoms with van der Waals surface area (Å²) in [5, 5.41) is 6.98. The normalized spacial score (nSPS) is 12.5. The van der Waals surface area contributed by atoms with Crippen LogP contribution in [0.2, 0.25) is 0 Å². The van der Waals surface area contributed by atoms with E-state index in [9.17, 15) is 4.79 Å². The maximum absolute atomic E-state index is 11.8. The molecule has 84 valence electrons. The standard InChI is InChI=1S/C10H16ClN3O/c1-4-8(5-11)12-10(15)9-6-14(3)13-7(9)2/h6,8H,4-5H2,1-3H3,(H,12,15). The zero-order chi connectivity index (χ0) is 11.4. The van der Waals surface area contributed by atoms with Crippen LogP contribution in [-0.4, -0.2) is 27.6 Å². The fourth-order valence-corrected chi connectivity index (χ4v) is 1.63. The number of rotatable bonds is 4. The topological polar surface area (TPSA) is 46.9 Å². The smallest absolute Gasteiger partial charge is 0.255 e. The highest BCUT2D eigenvalue weighted by Gasteiger charge is 2.15. The summed E-state index contributed by atoms with van der Waals surface area (Å²) in [7, 11) is 1.79. The number of aromatic nitrogens is 2. The Bertz CT molecular complexity index is 344. The largest absolute Gasteiger partial charge is 0.348 e. The summed E-state index contributed by atoms with van der Waals surface area (Å²) >= 11 is 5.71. The molecule has 1 aromatic heterocycles. The van der Waals surface area contributed by atoms with E-state index in [2.05, 4.69) is 10.4 Å². The molecular weight excluding hydrogens is 214 g/mol. The molecule has 0 bridgehead atoms. The summed E-state index contributed by atoms with van der Waals surface area (Å²) in [4.78, 5) is 11.8. The first-order valence-corrected chi connectivity index (χ1v) is 5.49. The van der Waals surface area contributed by atoms with Gasteiger partial charge in [0.15, 0.2) is 0 Å². The highest BCUT2D eigenvalue weighted by molar-refractivity contribution is 6.18. The lowest BCUT2D eigenvalue weighted by Crippen LogP contribution is -2.35. The maximum Gasteiger partial charge on any atom is 0.255 e. The SMILES string of the molecule is CCC(CCl)NC(=O)c1cn(C)nc1C. The van der Waals surface area contributed by atoms with E-state index in [0.717, 1.165) is 12.1 Å². The number of hydrogen-bond donors (Lipinski definition) is 1. The van der Waals surface area contributed by atoms with Crippen LogP contribution < -0.4 is 5.32 Å². The fourth-order valence-electron chi connectivity index (χ4n) is 1.34. The first-order chi connectivity index (χ1) is 7.08. The second-order valence-electron chi connectivity index (χ2n) is 3.53. The molecule has 5 heteroatoms. The van der Waals surface area contributed by atoms with Gasteiger partial charge in [0.2, 0.25) is 0 Å². The average molecular weight is 230 g/mol. The summed E-state index contributed by atoms with van der Waals surface area (Å²) in [5.41, 5.74) is 1.35. The first kappa shape index (κ1) is 12.0. The number of carbonyl (C=O) groups excluding carboxylic acids is 1. The van der Waals surface area contributed by atoms with E-state index in [1.165, 1.54) is 0 Å². The Balaban J connectivity index is 2.72. The van der Waals surface area contributed by atoms with E-state index in [-0.39, 0.29) is 11.9 Å². The number of nitrogens with one attached hydrogen (secondary N) is 1. The number of halogens is 1. The van der Waals surface area contributed by atoms with Crippen LogP contribution in [0.1, 0.15) is 29.4 Å². The predicted octanol–water partition coefficient (Wildman–Crippen LogP) is 1.48. The molecule has 1 N–H and O–H groups in total. The molecule has 0 saturated carbocycles. The van der Waals surface area contributed by atoms with E-state index >= 15 is 0 Å². The van der Waals surface area contributed by atoms with Gasteiger partial charge in [-0.3, -0.25) is 9.48 Å². The average Bonchev–Trinajstić information content (AvgIpc) is 2.54. The second kappa shape index (κ2) is 5.16. The van der Waals surface area contributed by atoms with Gasteiger partial charge in [0, 0.05) is 25.2 Å². The third-order valence-corrected chi connectivity index (χ3v) is 2.64. The Hall–Kier alpha value is -1.03. The van der Waals surface area contributed by atoms with Crippen molar-refractivity contribution in [2.75, 3.05) is 5.88 Å². The molecule has 0 saturated heterocycles. The van der Waals surface area contributed by atoms with E-state index < -0.39 is 0 Å². The van der Waals surface area contributed by atoms with Crippen molar-refractivity contribution in [1.29, 1.82) is 0 Å². The van der Waals surface area contributed by atoms with Gasteiger partial charge in [-0.15, -0.1) is 11.6 Å². The van der Waals surface area contributed by atoms with Crippen molar-refractivity contribution in [3.8, 4) is 0 Å². The minimum absolute atomic E-state index is 0.0266. The van der Waals surface area contributed by atoms with Gasteiger partial charge in [-0.25, -0.2) is 0 Å². The molecule has 0 aliphatic rings. The van der Waals surface area contributed by atoms with E-state index in [0.29, 0.717) is 11.4 Å². The van der Waals surface area contributed by atoms with Gasteiger partial charge in [0.25, 0.3) is 5.91 Å². The van der Waals surface area contributed by atoms with Gasteiger partial charge in [0.05, 0.1) is 11.3 Å². The van der Waals surface area contributed by atoms with Crippen LogP contribution in [0.4, 0.5) is 0 Å². The van der Waals surface area contributed by atoms with Crippen molar-refractivity contribution in [3.05, 3.63) is 17.5 Å². The van der Waals surface area contributed by atoms with Crippen molar-refractivity contribution in [3.63, 3.8) is 0 Å². The van der Waals surface area contributed by atoms with Crippen molar-refractivity contribution in [1.82, 2.24) is 15.1 Å². The molecule has 0 spiro atoms. The minimum atomic E-state index is -0.104. The number of alkyl halides is 1. The molecule has 1 rings (SSSR count). The summed E-state index contributed by atoms with van der Waals surface area (Å²) in [6.07, 6.45) is 2.54. The van der Waals surface area contributed by atoms with Gasteiger partial charge in [-0.2, -0.15) is 5.10 Å². The van der Waals surface area contributed by atoms with Crippen LogP contribution in [0, 0.1) is 6.92 Å². The molecule has 0 aromatic carbocycles.